The van der Waals surface area contributed by atoms with Gasteiger partial charge in [0.15, 0.2) is 6.29 Å². The van der Waals surface area contributed by atoms with Crippen molar-refractivity contribution in [1.82, 2.24) is 9.55 Å². The molecule has 0 spiro atoms. The molecule has 90 valence electrons. The van der Waals surface area contributed by atoms with Crippen LogP contribution in [0.25, 0.3) is 21.8 Å². The van der Waals surface area contributed by atoms with E-state index in [0.717, 1.165) is 22.7 Å². The van der Waals surface area contributed by atoms with Crippen molar-refractivity contribution in [3.8, 4) is 0 Å². The van der Waals surface area contributed by atoms with Crippen LogP contribution in [0, 0.1) is 0 Å². The molecule has 0 saturated carbocycles. The Kier molecular flexibility index (Phi) is 2.40. The van der Waals surface area contributed by atoms with Crippen molar-refractivity contribution in [1.29, 1.82) is 0 Å². The fourth-order valence-corrected chi connectivity index (χ4v) is 2.60. The molecule has 0 fully saturated rings. The lowest BCUT2D eigenvalue weighted by Gasteiger charge is -2.11. The number of rotatable bonds is 2. The lowest BCUT2D eigenvalue weighted by atomic mass is 10.2. The van der Waals surface area contributed by atoms with Crippen molar-refractivity contribution < 1.29 is 4.79 Å². The van der Waals surface area contributed by atoms with Crippen LogP contribution < -0.4 is 0 Å². The highest BCUT2D eigenvalue weighted by atomic mass is 16.1. The Bertz CT molecular complexity index is 741. The Morgan fingerprint density at radius 2 is 1.94 bits per heavy atom. The first-order chi connectivity index (χ1) is 8.74. The number of aromatic nitrogens is 2. The number of carbonyl (C=O) groups is 1. The lowest BCUT2D eigenvalue weighted by molar-refractivity contribution is 0.112. The molecule has 0 aliphatic carbocycles. The molecule has 0 amide bonds. The summed E-state index contributed by atoms with van der Waals surface area (Å²) >= 11 is 0. The molecule has 3 aromatic rings. The molecule has 0 aliphatic heterocycles. The van der Waals surface area contributed by atoms with Crippen molar-refractivity contribution in [3.63, 3.8) is 0 Å². The second-order valence-electron chi connectivity index (χ2n) is 4.69. The smallest absolute Gasteiger partial charge is 0.170 e. The molecule has 2 heterocycles. The Morgan fingerprint density at radius 3 is 2.67 bits per heavy atom. The third-order valence-electron chi connectivity index (χ3n) is 3.28. The van der Waals surface area contributed by atoms with Crippen LogP contribution in [0.5, 0.6) is 0 Å². The van der Waals surface area contributed by atoms with E-state index in [0.29, 0.717) is 5.69 Å². The second-order valence-corrected chi connectivity index (χ2v) is 4.69. The van der Waals surface area contributed by atoms with E-state index in [2.05, 4.69) is 35.5 Å². The first-order valence-electron chi connectivity index (χ1n) is 6.07. The highest BCUT2D eigenvalue weighted by Gasteiger charge is 2.15. The van der Waals surface area contributed by atoms with Crippen LogP contribution >= 0.6 is 0 Å². The van der Waals surface area contributed by atoms with E-state index in [1.807, 2.05) is 18.2 Å². The molecule has 1 aromatic carbocycles. The topological polar surface area (TPSA) is 34.9 Å². The summed E-state index contributed by atoms with van der Waals surface area (Å²) in [6, 6.07) is 10.5. The SMILES string of the molecule is CC(C)n1c2ccccc2c2ccnc(C=O)c21. The van der Waals surface area contributed by atoms with Crippen LogP contribution in [-0.4, -0.2) is 15.8 Å². The second kappa shape index (κ2) is 3.95. The van der Waals surface area contributed by atoms with E-state index in [1.165, 1.54) is 5.39 Å². The molecule has 0 saturated heterocycles. The van der Waals surface area contributed by atoms with Crippen molar-refractivity contribution in [3.05, 3.63) is 42.2 Å². The van der Waals surface area contributed by atoms with Crippen LogP contribution in [0.15, 0.2) is 36.5 Å². The van der Waals surface area contributed by atoms with Gasteiger partial charge in [0.25, 0.3) is 0 Å². The molecule has 0 N–H and O–H groups in total. The van der Waals surface area contributed by atoms with Crippen LogP contribution in [0.2, 0.25) is 0 Å². The number of benzene rings is 1. The summed E-state index contributed by atoms with van der Waals surface area (Å²) in [5.74, 6) is 0. The molecule has 3 nitrogen and oxygen atoms in total. The Hall–Kier alpha value is -2.16. The minimum atomic E-state index is 0.287. The zero-order valence-electron chi connectivity index (χ0n) is 10.4. The summed E-state index contributed by atoms with van der Waals surface area (Å²) in [5, 5.41) is 2.27. The van der Waals surface area contributed by atoms with E-state index in [1.54, 1.807) is 6.20 Å². The van der Waals surface area contributed by atoms with Gasteiger partial charge in [0.1, 0.15) is 5.69 Å². The molecule has 3 rings (SSSR count). The zero-order chi connectivity index (χ0) is 12.7. The maximum atomic E-state index is 11.2. The number of aldehydes is 1. The molecule has 18 heavy (non-hydrogen) atoms. The first-order valence-corrected chi connectivity index (χ1v) is 6.07. The highest BCUT2D eigenvalue weighted by molar-refractivity contribution is 6.11. The molecule has 2 aromatic heterocycles. The van der Waals surface area contributed by atoms with Gasteiger partial charge >= 0.3 is 0 Å². The standard InChI is InChI=1S/C15H14N2O/c1-10(2)17-14-6-4-3-5-11(14)12-7-8-16-13(9-18)15(12)17/h3-10H,1-2H3. The van der Waals surface area contributed by atoms with Gasteiger partial charge in [0.2, 0.25) is 0 Å². The molecular weight excluding hydrogens is 224 g/mol. The number of hydrogen-bond donors (Lipinski definition) is 0. The number of carbonyl (C=O) groups excluding carboxylic acids is 1. The molecule has 0 radical (unpaired) electrons. The van der Waals surface area contributed by atoms with Crippen LogP contribution in [0.4, 0.5) is 0 Å². The predicted molar refractivity (Wildman–Crippen MR) is 73.0 cm³/mol. The Balaban J connectivity index is 2.62. The normalized spacial score (nSPS) is 11.5. The number of pyridine rings is 1. The van der Waals surface area contributed by atoms with Crippen molar-refractivity contribution in [2.24, 2.45) is 0 Å². The predicted octanol–water partition coefficient (Wildman–Crippen LogP) is 3.58. The third-order valence-corrected chi connectivity index (χ3v) is 3.28. The summed E-state index contributed by atoms with van der Waals surface area (Å²) in [6.45, 7) is 4.24. The summed E-state index contributed by atoms with van der Waals surface area (Å²) in [7, 11) is 0. The van der Waals surface area contributed by atoms with Crippen molar-refractivity contribution >= 4 is 28.1 Å². The summed E-state index contributed by atoms with van der Waals surface area (Å²) in [4.78, 5) is 15.4. The monoisotopic (exact) mass is 238 g/mol. The summed E-state index contributed by atoms with van der Waals surface area (Å²) in [6.07, 6.45) is 2.53. The minimum Gasteiger partial charge on any atom is -0.336 e. The number of fused-ring (bicyclic) bond motifs is 3. The van der Waals surface area contributed by atoms with Gasteiger partial charge in [-0.25, -0.2) is 0 Å². The first kappa shape index (κ1) is 11.0. The van der Waals surface area contributed by atoms with Gasteiger partial charge in [-0.1, -0.05) is 18.2 Å². The molecule has 0 bridgehead atoms. The van der Waals surface area contributed by atoms with Gasteiger partial charge in [-0.3, -0.25) is 9.78 Å². The van der Waals surface area contributed by atoms with Gasteiger partial charge in [-0.2, -0.15) is 0 Å². The van der Waals surface area contributed by atoms with Crippen molar-refractivity contribution in [2.45, 2.75) is 19.9 Å². The quantitative estimate of drug-likeness (QED) is 0.639. The Labute approximate surface area is 105 Å². The zero-order valence-corrected chi connectivity index (χ0v) is 10.4. The van der Waals surface area contributed by atoms with E-state index < -0.39 is 0 Å². The fraction of sp³-hybridized carbons (Fsp3) is 0.200. The maximum absolute atomic E-state index is 11.2. The number of nitrogens with zero attached hydrogens (tertiary/aromatic N) is 2. The molecular formula is C15H14N2O. The van der Waals surface area contributed by atoms with E-state index in [-0.39, 0.29) is 6.04 Å². The summed E-state index contributed by atoms with van der Waals surface area (Å²) in [5.41, 5.74) is 2.60. The number of para-hydroxylation sites is 1. The fourth-order valence-electron chi connectivity index (χ4n) is 2.60. The van der Waals surface area contributed by atoms with Gasteiger partial charge in [-0.15, -0.1) is 0 Å². The van der Waals surface area contributed by atoms with Crippen LogP contribution in [0.3, 0.4) is 0 Å². The minimum absolute atomic E-state index is 0.287. The van der Waals surface area contributed by atoms with Gasteiger partial charge in [0, 0.05) is 28.5 Å². The Morgan fingerprint density at radius 1 is 1.17 bits per heavy atom. The summed E-state index contributed by atoms with van der Waals surface area (Å²) < 4.78 is 2.18. The van der Waals surface area contributed by atoms with E-state index in [4.69, 9.17) is 0 Å². The average molecular weight is 238 g/mol. The van der Waals surface area contributed by atoms with Gasteiger partial charge in [-0.05, 0) is 26.0 Å². The average Bonchev–Trinajstić information content (AvgIpc) is 2.73. The van der Waals surface area contributed by atoms with Crippen molar-refractivity contribution in [2.75, 3.05) is 0 Å². The van der Waals surface area contributed by atoms with Crippen LogP contribution in [-0.2, 0) is 0 Å². The molecule has 0 unspecified atom stereocenters. The molecule has 0 aliphatic rings. The van der Waals surface area contributed by atoms with E-state index >= 15 is 0 Å². The molecule has 3 heteroatoms. The number of hydrogen-bond acceptors (Lipinski definition) is 2. The van der Waals surface area contributed by atoms with E-state index in [9.17, 15) is 4.79 Å². The van der Waals surface area contributed by atoms with Gasteiger partial charge < -0.3 is 4.57 Å². The highest BCUT2D eigenvalue weighted by Crippen LogP contribution is 2.32. The lowest BCUT2D eigenvalue weighted by Crippen LogP contribution is -2.02. The largest absolute Gasteiger partial charge is 0.336 e. The molecule has 0 atom stereocenters. The third kappa shape index (κ3) is 1.37. The van der Waals surface area contributed by atoms with Crippen LogP contribution in [0.1, 0.15) is 30.4 Å². The maximum Gasteiger partial charge on any atom is 0.170 e. The van der Waals surface area contributed by atoms with Gasteiger partial charge in [0.05, 0.1) is 5.52 Å².